The highest BCUT2D eigenvalue weighted by molar-refractivity contribution is 5.95. The average molecular weight is 222 g/mol. The van der Waals surface area contributed by atoms with Crippen molar-refractivity contribution in [3.05, 3.63) is 11.4 Å². The maximum absolute atomic E-state index is 11.9. The summed E-state index contributed by atoms with van der Waals surface area (Å²) in [5.41, 5.74) is 2.70. The second kappa shape index (κ2) is 4.25. The zero-order chi connectivity index (χ0) is 11.7. The van der Waals surface area contributed by atoms with E-state index in [1.54, 1.807) is 4.68 Å². The molecule has 0 unspecified atom stereocenters. The summed E-state index contributed by atoms with van der Waals surface area (Å²) in [4.78, 5) is 11.9. The lowest BCUT2D eigenvalue weighted by Gasteiger charge is -2.11. The van der Waals surface area contributed by atoms with E-state index in [4.69, 9.17) is 0 Å². The van der Waals surface area contributed by atoms with Crippen molar-refractivity contribution in [1.82, 2.24) is 15.1 Å². The lowest BCUT2D eigenvalue weighted by Crippen LogP contribution is -2.35. The normalized spacial score (nSPS) is 20.1. The van der Waals surface area contributed by atoms with E-state index in [1.165, 1.54) is 0 Å². The highest BCUT2D eigenvalue weighted by Crippen LogP contribution is 2.19. The van der Waals surface area contributed by atoms with E-state index in [1.807, 2.05) is 20.9 Å². The molecule has 1 atom stereocenters. The van der Waals surface area contributed by atoms with Gasteiger partial charge in [-0.3, -0.25) is 9.48 Å². The van der Waals surface area contributed by atoms with E-state index in [-0.39, 0.29) is 11.9 Å². The van der Waals surface area contributed by atoms with Gasteiger partial charge in [0.2, 0.25) is 5.91 Å². The van der Waals surface area contributed by atoms with Crippen molar-refractivity contribution < 1.29 is 4.79 Å². The number of hydrogen-bond donors (Lipinski definition) is 2. The number of anilines is 1. The Kier molecular flexibility index (Phi) is 2.96. The van der Waals surface area contributed by atoms with E-state index in [0.717, 1.165) is 36.5 Å². The fraction of sp³-hybridized carbons (Fsp3) is 0.636. The Balaban J connectivity index is 2.11. The second-order valence-electron chi connectivity index (χ2n) is 4.31. The summed E-state index contributed by atoms with van der Waals surface area (Å²) in [5, 5.41) is 10.4. The van der Waals surface area contributed by atoms with Gasteiger partial charge < -0.3 is 10.6 Å². The molecule has 0 aliphatic carbocycles. The molecule has 2 heterocycles. The van der Waals surface area contributed by atoms with Crippen molar-refractivity contribution in [3.63, 3.8) is 0 Å². The minimum Gasteiger partial charge on any atom is -0.322 e. The fourth-order valence-electron chi connectivity index (χ4n) is 2.07. The highest BCUT2D eigenvalue weighted by Gasteiger charge is 2.23. The third-order valence-electron chi connectivity index (χ3n) is 3.13. The van der Waals surface area contributed by atoms with Crippen LogP contribution < -0.4 is 10.6 Å². The minimum atomic E-state index is -0.0426. The number of carbonyl (C=O) groups excluding carboxylic acids is 1. The average Bonchev–Trinajstić information content (AvgIpc) is 2.83. The lowest BCUT2D eigenvalue weighted by molar-refractivity contribution is -0.117. The molecule has 2 rings (SSSR count). The number of hydrogen-bond acceptors (Lipinski definition) is 3. The minimum absolute atomic E-state index is 0.0426. The van der Waals surface area contributed by atoms with Gasteiger partial charge in [0, 0.05) is 7.05 Å². The predicted octanol–water partition coefficient (Wildman–Crippen LogP) is 0.727. The molecule has 0 spiro atoms. The van der Waals surface area contributed by atoms with E-state index in [0.29, 0.717) is 0 Å². The Hall–Kier alpha value is -1.36. The number of amides is 1. The van der Waals surface area contributed by atoms with Gasteiger partial charge >= 0.3 is 0 Å². The molecule has 2 N–H and O–H groups in total. The summed E-state index contributed by atoms with van der Waals surface area (Å²) >= 11 is 0. The van der Waals surface area contributed by atoms with Crippen molar-refractivity contribution in [1.29, 1.82) is 0 Å². The van der Waals surface area contributed by atoms with Crippen LogP contribution in [0.4, 0.5) is 5.69 Å². The topological polar surface area (TPSA) is 59.0 Å². The molecular formula is C11H18N4O. The number of nitrogens with one attached hydrogen (secondary N) is 2. The first-order chi connectivity index (χ1) is 7.59. The van der Waals surface area contributed by atoms with Crippen LogP contribution in [0.5, 0.6) is 0 Å². The molecular weight excluding hydrogens is 204 g/mol. The van der Waals surface area contributed by atoms with Crippen molar-refractivity contribution in [2.45, 2.75) is 32.7 Å². The molecule has 1 aliphatic rings. The first-order valence-electron chi connectivity index (χ1n) is 5.64. The Bertz CT molecular complexity index is 404. The van der Waals surface area contributed by atoms with Crippen molar-refractivity contribution >= 4 is 11.6 Å². The Morgan fingerprint density at radius 3 is 2.81 bits per heavy atom. The molecule has 1 fully saturated rings. The molecule has 1 aliphatic heterocycles. The number of aromatic nitrogens is 2. The summed E-state index contributed by atoms with van der Waals surface area (Å²) in [6, 6.07) is -0.0426. The number of nitrogens with zero attached hydrogens (tertiary/aromatic N) is 2. The van der Waals surface area contributed by atoms with Crippen molar-refractivity contribution in [3.8, 4) is 0 Å². The molecule has 88 valence electrons. The van der Waals surface area contributed by atoms with E-state index in [9.17, 15) is 4.79 Å². The molecule has 1 amide bonds. The number of aryl methyl sites for hydroxylation is 2. The van der Waals surface area contributed by atoms with Gasteiger partial charge in [-0.15, -0.1) is 0 Å². The zero-order valence-electron chi connectivity index (χ0n) is 10.0. The summed E-state index contributed by atoms with van der Waals surface area (Å²) < 4.78 is 1.78. The van der Waals surface area contributed by atoms with Gasteiger partial charge in [0.1, 0.15) is 0 Å². The van der Waals surface area contributed by atoms with Gasteiger partial charge in [-0.1, -0.05) is 0 Å². The molecule has 1 aromatic heterocycles. The van der Waals surface area contributed by atoms with Crippen LogP contribution in [0, 0.1) is 13.8 Å². The van der Waals surface area contributed by atoms with Crippen LogP contribution in [-0.4, -0.2) is 28.3 Å². The maximum Gasteiger partial charge on any atom is 0.241 e. The summed E-state index contributed by atoms with van der Waals surface area (Å²) in [5.74, 6) is 0.0525. The maximum atomic E-state index is 11.9. The van der Waals surface area contributed by atoms with Gasteiger partial charge in [0.05, 0.1) is 23.1 Å². The third kappa shape index (κ3) is 1.95. The van der Waals surface area contributed by atoms with Crippen LogP contribution in [0.2, 0.25) is 0 Å². The van der Waals surface area contributed by atoms with Crippen molar-refractivity contribution in [2.75, 3.05) is 11.9 Å². The molecule has 0 saturated carbocycles. The van der Waals surface area contributed by atoms with Gasteiger partial charge in [0.15, 0.2) is 0 Å². The Labute approximate surface area is 95.2 Å². The van der Waals surface area contributed by atoms with Gasteiger partial charge in [-0.05, 0) is 33.2 Å². The standard InChI is InChI=1S/C11H18N4O/c1-7-10(8(2)15(3)14-7)13-11(16)9-5-4-6-12-9/h9,12H,4-6H2,1-3H3,(H,13,16)/t9-/m0/s1. The number of carbonyl (C=O) groups is 1. The van der Waals surface area contributed by atoms with E-state index < -0.39 is 0 Å². The van der Waals surface area contributed by atoms with Crippen molar-refractivity contribution in [2.24, 2.45) is 7.05 Å². The smallest absolute Gasteiger partial charge is 0.241 e. The highest BCUT2D eigenvalue weighted by atomic mass is 16.2. The predicted molar refractivity (Wildman–Crippen MR) is 62.3 cm³/mol. The summed E-state index contributed by atoms with van der Waals surface area (Å²) in [6.07, 6.45) is 1.99. The van der Waals surface area contributed by atoms with Gasteiger partial charge in [-0.25, -0.2) is 0 Å². The van der Waals surface area contributed by atoms with E-state index in [2.05, 4.69) is 15.7 Å². The molecule has 5 heteroatoms. The molecule has 1 saturated heterocycles. The Morgan fingerprint density at radius 1 is 1.56 bits per heavy atom. The quantitative estimate of drug-likeness (QED) is 0.775. The third-order valence-corrected chi connectivity index (χ3v) is 3.13. The Morgan fingerprint density at radius 2 is 2.31 bits per heavy atom. The largest absolute Gasteiger partial charge is 0.322 e. The monoisotopic (exact) mass is 222 g/mol. The van der Waals surface area contributed by atoms with Crippen LogP contribution in [0.1, 0.15) is 24.2 Å². The van der Waals surface area contributed by atoms with Crippen LogP contribution >= 0.6 is 0 Å². The first-order valence-corrected chi connectivity index (χ1v) is 5.64. The van der Waals surface area contributed by atoms with Gasteiger partial charge in [0.25, 0.3) is 0 Å². The van der Waals surface area contributed by atoms with Crippen LogP contribution in [0.25, 0.3) is 0 Å². The van der Waals surface area contributed by atoms with Gasteiger partial charge in [-0.2, -0.15) is 5.10 Å². The molecule has 5 nitrogen and oxygen atoms in total. The number of rotatable bonds is 2. The second-order valence-corrected chi connectivity index (χ2v) is 4.31. The van der Waals surface area contributed by atoms with E-state index >= 15 is 0 Å². The first kappa shape index (κ1) is 11.1. The summed E-state index contributed by atoms with van der Waals surface area (Å²) in [6.45, 7) is 4.80. The zero-order valence-corrected chi connectivity index (χ0v) is 10.0. The molecule has 0 radical (unpaired) electrons. The lowest BCUT2D eigenvalue weighted by atomic mass is 10.2. The van der Waals surface area contributed by atoms with Crippen LogP contribution in [0.3, 0.4) is 0 Å². The fourth-order valence-corrected chi connectivity index (χ4v) is 2.07. The van der Waals surface area contributed by atoms with Crippen LogP contribution in [0.15, 0.2) is 0 Å². The molecule has 16 heavy (non-hydrogen) atoms. The molecule has 0 bridgehead atoms. The SMILES string of the molecule is Cc1nn(C)c(C)c1NC(=O)[C@@H]1CCCN1. The van der Waals surface area contributed by atoms with Crippen LogP contribution in [-0.2, 0) is 11.8 Å². The summed E-state index contributed by atoms with van der Waals surface area (Å²) in [7, 11) is 1.88. The molecule has 1 aromatic rings. The molecule has 0 aromatic carbocycles.